The summed E-state index contributed by atoms with van der Waals surface area (Å²) < 4.78 is 1.88. The lowest BCUT2D eigenvalue weighted by atomic mass is 10.2. The summed E-state index contributed by atoms with van der Waals surface area (Å²) in [4.78, 5) is 4.29. The van der Waals surface area contributed by atoms with Crippen molar-refractivity contribution >= 4 is 5.65 Å². The van der Waals surface area contributed by atoms with Crippen LogP contribution in [0.25, 0.3) is 16.9 Å². The summed E-state index contributed by atoms with van der Waals surface area (Å²) in [5, 5.41) is 7.77. The Kier molecular flexibility index (Phi) is 1.71. The maximum Gasteiger partial charge on any atom is 0.160 e. The van der Waals surface area contributed by atoms with E-state index < -0.39 is 0 Å². The minimum absolute atomic E-state index is 0.842. The van der Waals surface area contributed by atoms with Crippen molar-refractivity contribution in [2.75, 3.05) is 0 Å². The van der Waals surface area contributed by atoms with Gasteiger partial charge in [0.25, 0.3) is 0 Å². The van der Waals surface area contributed by atoms with Gasteiger partial charge in [-0.2, -0.15) is 0 Å². The second-order valence-corrected chi connectivity index (χ2v) is 3.23. The third-order valence-corrected chi connectivity index (χ3v) is 2.25. The summed E-state index contributed by atoms with van der Waals surface area (Å²) in [6.07, 6.45) is 5.44. The topological polar surface area (TPSA) is 43.1 Å². The normalized spacial score (nSPS) is 10.7. The average molecular weight is 196 g/mol. The van der Waals surface area contributed by atoms with Gasteiger partial charge >= 0.3 is 0 Å². The average Bonchev–Trinajstić information content (AvgIpc) is 2.77. The van der Waals surface area contributed by atoms with E-state index in [9.17, 15) is 0 Å². The fraction of sp³-hybridized carbons (Fsp3) is 0. The molecule has 0 aromatic carbocycles. The standard InChI is InChI=1S/C11H8N4/c1-2-6-12-10(3-1)9-4-5-11-14-13-8-15(11)7-9/h1-8H. The van der Waals surface area contributed by atoms with Crippen LogP contribution in [-0.4, -0.2) is 19.6 Å². The van der Waals surface area contributed by atoms with Crippen molar-refractivity contribution in [3.05, 3.63) is 49.1 Å². The summed E-state index contributed by atoms with van der Waals surface area (Å²) >= 11 is 0. The highest BCUT2D eigenvalue weighted by Crippen LogP contribution is 2.16. The van der Waals surface area contributed by atoms with Crippen molar-refractivity contribution in [1.29, 1.82) is 0 Å². The number of rotatable bonds is 1. The summed E-state index contributed by atoms with van der Waals surface area (Å²) in [7, 11) is 0. The zero-order valence-electron chi connectivity index (χ0n) is 7.91. The zero-order valence-corrected chi connectivity index (χ0v) is 7.91. The molecule has 0 atom stereocenters. The second kappa shape index (κ2) is 3.16. The molecule has 0 saturated heterocycles. The lowest BCUT2D eigenvalue weighted by molar-refractivity contribution is 1.10. The largest absolute Gasteiger partial charge is 0.288 e. The molecule has 0 N–H and O–H groups in total. The van der Waals surface area contributed by atoms with E-state index in [4.69, 9.17) is 0 Å². The molecule has 0 aliphatic rings. The van der Waals surface area contributed by atoms with Gasteiger partial charge in [-0.15, -0.1) is 10.2 Å². The minimum atomic E-state index is 0.842. The van der Waals surface area contributed by atoms with Gasteiger partial charge < -0.3 is 0 Å². The molecule has 3 heterocycles. The quantitative estimate of drug-likeness (QED) is 0.596. The first-order valence-electron chi connectivity index (χ1n) is 4.64. The van der Waals surface area contributed by atoms with Crippen LogP contribution in [-0.2, 0) is 0 Å². The molecule has 0 aliphatic heterocycles. The molecule has 0 saturated carbocycles. The van der Waals surface area contributed by atoms with Crippen LogP contribution in [0.3, 0.4) is 0 Å². The number of hydrogen-bond donors (Lipinski definition) is 0. The molecule has 4 heteroatoms. The maximum absolute atomic E-state index is 4.29. The lowest BCUT2D eigenvalue weighted by Crippen LogP contribution is -1.87. The second-order valence-electron chi connectivity index (χ2n) is 3.23. The number of nitrogens with zero attached hydrogens (tertiary/aromatic N) is 4. The van der Waals surface area contributed by atoms with E-state index in [0.29, 0.717) is 0 Å². The zero-order chi connectivity index (χ0) is 10.1. The Labute approximate surface area is 86.2 Å². The first-order chi connectivity index (χ1) is 7.43. The highest BCUT2D eigenvalue weighted by molar-refractivity contribution is 5.60. The van der Waals surface area contributed by atoms with Crippen LogP contribution in [0.1, 0.15) is 0 Å². The van der Waals surface area contributed by atoms with Gasteiger partial charge in [0.15, 0.2) is 5.65 Å². The number of fused-ring (bicyclic) bond motifs is 1. The van der Waals surface area contributed by atoms with E-state index >= 15 is 0 Å². The molecule has 0 unspecified atom stereocenters. The number of aromatic nitrogens is 4. The fourth-order valence-electron chi connectivity index (χ4n) is 1.51. The van der Waals surface area contributed by atoms with Crippen LogP contribution < -0.4 is 0 Å². The Hall–Kier alpha value is -2.23. The van der Waals surface area contributed by atoms with Crippen LogP contribution in [0.15, 0.2) is 49.1 Å². The molecular formula is C11H8N4. The van der Waals surface area contributed by atoms with E-state index in [0.717, 1.165) is 16.9 Å². The molecule has 0 radical (unpaired) electrons. The van der Waals surface area contributed by atoms with Crippen LogP contribution in [0.4, 0.5) is 0 Å². The van der Waals surface area contributed by atoms with Crippen LogP contribution in [0.2, 0.25) is 0 Å². The van der Waals surface area contributed by atoms with Gasteiger partial charge in [0.05, 0.1) is 5.69 Å². The van der Waals surface area contributed by atoms with Crippen molar-refractivity contribution in [1.82, 2.24) is 19.6 Å². The Morgan fingerprint density at radius 1 is 1.07 bits per heavy atom. The molecule has 0 amide bonds. The van der Waals surface area contributed by atoms with E-state index in [-0.39, 0.29) is 0 Å². The summed E-state index contributed by atoms with van der Waals surface area (Å²) in [5.41, 5.74) is 2.85. The molecule has 15 heavy (non-hydrogen) atoms. The SMILES string of the molecule is c1ccc(-c2ccc3nncn3c2)nc1. The van der Waals surface area contributed by atoms with Crippen LogP contribution in [0.5, 0.6) is 0 Å². The Bertz CT molecular complexity index is 586. The summed E-state index contributed by atoms with van der Waals surface area (Å²) in [6, 6.07) is 9.77. The van der Waals surface area contributed by atoms with Gasteiger partial charge in [0, 0.05) is 18.0 Å². The Morgan fingerprint density at radius 2 is 2.07 bits per heavy atom. The summed E-state index contributed by atoms with van der Waals surface area (Å²) in [6.45, 7) is 0. The van der Waals surface area contributed by atoms with Gasteiger partial charge in [-0.25, -0.2) is 0 Å². The van der Waals surface area contributed by atoms with Gasteiger partial charge in [-0.3, -0.25) is 9.38 Å². The highest BCUT2D eigenvalue weighted by Gasteiger charge is 2.00. The predicted molar refractivity (Wildman–Crippen MR) is 56.2 cm³/mol. The van der Waals surface area contributed by atoms with Crippen molar-refractivity contribution in [3.8, 4) is 11.3 Å². The first kappa shape index (κ1) is 8.11. The Balaban J connectivity index is 2.19. The first-order valence-corrected chi connectivity index (χ1v) is 4.64. The Morgan fingerprint density at radius 3 is 2.93 bits per heavy atom. The van der Waals surface area contributed by atoms with Crippen molar-refractivity contribution in [2.45, 2.75) is 0 Å². The molecule has 72 valence electrons. The van der Waals surface area contributed by atoms with E-state index in [2.05, 4.69) is 15.2 Å². The molecule has 0 aliphatic carbocycles. The number of hydrogen-bond acceptors (Lipinski definition) is 3. The highest BCUT2D eigenvalue weighted by atomic mass is 15.2. The number of pyridine rings is 2. The molecular weight excluding hydrogens is 188 g/mol. The third kappa shape index (κ3) is 1.36. The molecule has 0 fully saturated rings. The van der Waals surface area contributed by atoms with Crippen molar-refractivity contribution < 1.29 is 0 Å². The lowest BCUT2D eigenvalue weighted by Gasteiger charge is -2.00. The monoisotopic (exact) mass is 196 g/mol. The molecule has 4 nitrogen and oxygen atoms in total. The van der Waals surface area contributed by atoms with E-state index in [1.54, 1.807) is 12.5 Å². The smallest absolute Gasteiger partial charge is 0.160 e. The van der Waals surface area contributed by atoms with Gasteiger partial charge in [0.1, 0.15) is 6.33 Å². The predicted octanol–water partition coefficient (Wildman–Crippen LogP) is 1.79. The van der Waals surface area contributed by atoms with Gasteiger partial charge in [-0.05, 0) is 24.3 Å². The molecule has 3 rings (SSSR count). The van der Waals surface area contributed by atoms with Crippen LogP contribution >= 0.6 is 0 Å². The van der Waals surface area contributed by atoms with Crippen molar-refractivity contribution in [3.63, 3.8) is 0 Å². The van der Waals surface area contributed by atoms with E-state index in [1.165, 1.54) is 0 Å². The molecule has 3 aromatic heterocycles. The molecule has 0 spiro atoms. The van der Waals surface area contributed by atoms with E-state index in [1.807, 2.05) is 40.9 Å². The third-order valence-electron chi connectivity index (χ3n) is 2.25. The van der Waals surface area contributed by atoms with Crippen molar-refractivity contribution in [2.24, 2.45) is 0 Å². The summed E-state index contributed by atoms with van der Waals surface area (Å²) in [5.74, 6) is 0. The van der Waals surface area contributed by atoms with Crippen LogP contribution in [0, 0.1) is 0 Å². The molecule has 3 aromatic rings. The molecule has 0 bridgehead atoms. The van der Waals surface area contributed by atoms with Gasteiger partial charge in [0.2, 0.25) is 0 Å². The van der Waals surface area contributed by atoms with Gasteiger partial charge in [-0.1, -0.05) is 6.07 Å². The fourth-order valence-corrected chi connectivity index (χ4v) is 1.51. The maximum atomic E-state index is 4.29. The minimum Gasteiger partial charge on any atom is -0.288 e.